The van der Waals surface area contributed by atoms with E-state index in [1.165, 1.54) is 0 Å². The minimum absolute atomic E-state index is 0.174. The standard InChI is InChI=1S/C15H19NO2/c1-3-16-7-6-14-10-13-5-4-12(8-11(2)17)9-15(13)18-14/h4-5,9-10,16H,3,6-8H2,1-2H3. The van der Waals surface area contributed by atoms with E-state index in [2.05, 4.69) is 18.3 Å². The molecule has 2 rings (SSSR count). The molecule has 0 amide bonds. The predicted molar refractivity (Wildman–Crippen MR) is 72.8 cm³/mol. The highest BCUT2D eigenvalue weighted by Gasteiger charge is 2.05. The summed E-state index contributed by atoms with van der Waals surface area (Å²) in [6.45, 7) is 5.60. The van der Waals surface area contributed by atoms with Gasteiger partial charge in [-0.3, -0.25) is 4.79 Å². The molecular weight excluding hydrogens is 226 g/mol. The van der Waals surface area contributed by atoms with Crippen LogP contribution in [-0.2, 0) is 17.6 Å². The lowest BCUT2D eigenvalue weighted by atomic mass is 10.1. The van der Waals surface area contributed by atoms with Crippen LogP contribution in [0.5, 0.6) is 0 Å². The number of furan rings is 1. The van der Waals surface area contributed by atoms with Gasteiger partial charge >= 0.3 is 0 Å². The number of ketones is 1. The first-order valence-corrected chi connectivity index (χ1v) is 6.40. The zero-order valence-corrected chi connectivity index (χ0v) is 11.0. The van der Waals surface area contributed by atoms with Crippen LogP contribution in [0, 0.1) is 0 Å². The first kappa shape index (κ1) is 12.8. The molecule has 0 bridgehead atoms. The number of hydrogen-bond donors (Lipinski definition) is 1. The van der Waals surface area contributed by atoms with Crippen molar-refractivity contribution in [1.29, 1.82) is 0 Å². The normalized spacial score (nSPS) is 11.0. The molecule has 0 saturated carbocycles. The summed E-state index contributed by atoms with van der Waals surface area (Å²) >= 11 is 0. The van der Waals surface area contributed by atoms with Gasteiger partial charge in [0.2, 0.25) is 0 Å². The average molecular weight is 245 g/mol. The zero-order valence-electron chi connectivity index (χ0n) is 11.0. The van der Waals surface area contributed by atoms with Gasteiger partial charge in [-0.1, -0.05) is 19.1 Å². The summed E-state index contributed by atoms with van der Waals surface area (Å²) in [4.78, 5) is 11.1. The van der Waals surface area contributed by atoms with Gasteiger partial charge in [0.25, 0.3) is 0 Å². The van der Waals surface area contributed by atoms with Gasteiger partial charge in [-0.15, -0.1) is 0 Å². The summed E-state index contributed by atoms with van der Waals surface area (Å²) in [6, 6.07) is 8.05. The molecule has 0 aliphatic rings. The molecule has 0 fully saturated rings. The number of carbonyl (C=O) groups excluding carboxylic acids is 1. The van der Waals surface area contributed by atoms with Gasteiger partial charge in [0.05, 0.1) is 0 Å². The molecule has 3 nitrogen and oxygen atoms in total. The molecule has 0 radical (unpaired) electrons. The quantitative estimate of drug-likeness (QED) is 0.796. The Morgan fingerprint density at radius 3 is 2.89 bits per heavy atom. The van der Waals surface area contributed by atoms with E-state index in [9.17, 15) is 4.79 Å². The third kappa shape index (κ3) is 3.20. The second kappa shape index (κ2) is 5.83. The largest absolute Gasteiger partial charge is 0.461 e. The molecule has 3 heteroatoms. The molecule has 1 N–H and O–H groups in total. The second-order valence-corrected chi connectivity index (χ2v) is 4.57. The fraction of sp³-hybridized carbons (Fsp3) is 0.400. The molecular formula is C15H19NO2. The number of benzene rings is 1. The second-order valence-electron chi connectivity index (χ2n) is 4.57. The van der Waals surface area contributed by atoms with Gasteiger partial charge in [-0.25, -0.2) is 0 Å². The number of rotatable bonds is 6. The van der Waals surface area contributed by atoms with Crippen molar-refractivity contribution >= 4 is 16.8 Å². The fourth-order valence-corrected chi connectivity index (χ4v) is 2.04. The molecule has 1 aromatic heterocycles. The Bertz CT molecular complexity index is 542. The first-order chi connectivity index (χ1) is 8.69. The van der Waals surface area contributed by atoms with Crippen LogP contribution < -0.4 is 5.32 Å². The van der Waals surface area contributed by atoms with Crippen molar-refractivity contribution in [3.8, 4) is 0 Å². The van der Waals surface area contributed by atoms with Gasteiger partial charge in [0.1, 0.15) is 17.1 Å². The minimum atomic E-state index is 0.174. The third-order valence-electron chi connectivity index (χ3n) is 2.89. The Kier molecular flexibility index (Phi) is 4.15. The van der Waals surface area contributed by atoms with Crippen molar-refractivity contribution < 1.29 is 9.21 Å². The monoisotopic (exact) mass is 245 g/mol. The number of fused-ring (bicyclic) bond motifs is 1. The van der Waals surface area contributed by atoms with Crippen LogP contribution in [0.3, 0.4) is 0 Å². The molecule has 1 aromatic carbocycles. The summed E-state index contributed by atoms with van der Waals surface area (Å²) in [6.07, 6.45) is 1.37. The molecule has 18 heavy (non-hydrogen) atoms. The Hall–Kier alpha value is -1.61. The highest BCUT2D eigenvalue weighted by atomic mass is 16.3. The minimum Gasteiger partial charge on any atom is -0.461 e. The summed E-state index contributed by atoms with van der Waals surface area (Å²) in [5.74, 6) is 1.17. The zero-order chi connectivity index (χ0) is 13.0. The lowest BCUT2D eigenvalue weighted by Gasteiger charge is -1.97. The van der Waals surface area contributed by atoms with Gasteiger partial charge in [-0.05, 0) is 31.2 Å². The maximum absolute atomic E-state index is 11.1. The number of likely N-dealkylation sites (N-methyl/N-ethyl adjacent to an activating group) is 1. The van der Waals surface area contributed by atoms with Gasteiger partial charge < -0.3 is 9.73 Å². The third-order valence-corrected chi connectivity index (χ3v) is 2.89. The summed E-state index contributed by atoms with van der Waals surface area (Å²) in [7, 11) is 0. The van der Waals surface area contributed by atoms with Crippen LogP contribution in [0.25, 0.3) is 11.0 Å². The molecule has 0 unspecified atom stereocenters. The Morgan fingerprint density at radius 1 is 1.33 bits per heavy atom. The van der Waals surface area contributed by atoms with Crippen LogP contribution in [0.1, 0.15) is 25.2 Å². The van der Waals surface area contributed by atoms with E-state index in [1.54, 1.807) is 6.92 Å². The summed E-state index contributed by atoms with van der Waals surface area (Å²) < 4.78 is 5.79. The van der Waals surface area contributed by atoms with E-state index >= 15 is 0 Å². The highest BCUT2D eigenvalue weighted by molar-refractivity contribution is 5.82. The van der Waals surface area contributed by atoms with Crippen LogP contribution in [0.4, 0.5) is 0 Å². The van der Waals surface area contributed by atoms with Gasteiger partial charge in [0, 0.05) is 24.8 Å². The smallest absolute Gasteiger partial charge is 0.134 e. The summed E-state index contributed by atoms with van der Waals surface area (Å²) in [5, 5.41) is 4.38. The van der Waals surface area contributed by atoms with E-state index in [1.807, 2.05) is 18.2 Å². The first-order valence-electron chi connectivity index (χ1n) is 6.40. The van der Waals surface area contributed by atoms with Crippen LogP contribution in [-0.4, -0.2) is 18.9 Å². The van der Waals surface area contributed by atoms with Gasteiger partial charge in [-0.2, -0.15) is 0 Å². The fourth-order valence-electron chi connectivity index (χ4n) is 2.04. The van der Waals surface area contributed by atoms with Crippen molar-refractivity contribution in [3.63, 3.8) is 0 Å². The van der Waals surface area contributed by atoms with E-state index in [-0.39, 0.29) is 5.78 Å². The average Bonchev–Trinajstić information content (AvgIpc) is 2.70. The number of hydrogen-bond acceptors (Lipinski definition) is 3. The lowest BCUT2D eigenvalue weighted by molar-refractivity contribution is -0.116. The molecule has 0 atom stereocenters. The topological polar surface area (TPSA) is 42.2 Å². The van der Waals surface area contributed by atoms with Crippen molar-refractivity contribution in [2.75, 3.05) is 13.1 Å². The molecule has 0 saturated heterocycles. The van der Waals surface area contributed by atoms with Gasteiger partial charge in [0.15, 0.2) is 0 Å². The SMILES string of the molecule is CCNCCc1cc2ccc(CC(C)=O)cc2o1. The highest BCUT2D eigenvalue weighted by Crippen LogP contribution is 2.21. The maximum Gasteiger partial charge on any atom is 0.134 e. The van der Waals surface area contributed by atoms with E-state index in [0.717, 1.165) is 41.8 Å². The van der Waals surface area contributed by atoms with Crippen molar-refractivity contribution in [2.45, 2.75) is 26.7 Å². The van der Waals surface area contributed by atoms with Crippen molar-refractivity contribution in [2.24, 2.45) is 0 Å². The number of Topliss-reactive ketones (excluding diaryl/α,β-unsaturated/α-hetero) is 1. The number of nitrogens with one attached hydrogen (secondary N) is 1. The molecule has 0 spiro atoms. The predicted octanol–water partition coefficient (Wildman–Crippen LogP) is 2.72. The molecule has 2 aromatic rings. The van der Waals surface area contributed by atoms with Crippen LogP contribution in [0.2, 0.25) is 0 Å². The number of carbonyl (C=O) groups is 1. The lowest BCUT2D eigenvalue weighted by Crippen LogP contribution is -2.15. The Morgan fingerprint density at radius 2 is 2.17 bits per heavy atom. The molecule has 96 valence electrons. The van der Waals surface area contributed by atoms with Crippen molar-refractivity contribution in [1.82, 2.24) is 5.32 Å². The molecule has 0 aliphatic carbocycles. The Labute approximate surface area is 107 Å². The summed E-state index contributed by atoms with van der Waals surface area (Å²) in [5.41, 5.74) is 1.89. The Balaban J connectivity index is 2.14. The molecule has 1 heterocycles. The molecule has 0 aliphatic heterocycles. The maximum atomic E-state index is 11.1. The van der Waals surface area contributed by atoms with Crippen molar-refractivity contribution in [3.05, 3.63) is 35.6 Å². The van der Waals surface area contributed by atoms with E-state index < -0.39 is 0 Å². The van der Waals surface area contributed by atoms with E-state index in [0.29, 0.717) is 6.42 Å². The van der Waals surface area contributed by atoms with Crippen LogP contribution in [0.15, 0.2) is 28.7 Å². The van der Waals surface area contributed by atoms with E-state index in [4.69, 9.17) is 4.42 Å². The van der Waals surface area contributed by atoms with Crippen LogP contribution >= 0.6 is 0 Å².